The monoisotopic (exact) mass is 255 g/mol. The van der Waals surface area contributed by atoms with Crippen LogP contribution in [-0.4, -0.2) is 48.9 Å². The quantitative estimate of drug-likeness (QED) is 0.696. The Balaban J connectivity index is 2.48. The molecule has 18 heavy (non-hydrogen) atoms. The van der Waals surface area contributed by atoms with E-state index in [1.807, 2.05) is 4.90 Å². The van der Waals surface area contributed by atoms with Crippen molar-refractivity contribution in [1.29, 1.82) is 0 Å². The molecule has 0 saturated carbocycles. The van der Waals surface area contributed by atoms with Crippen molar-refractivity contribution in [2.24, 2.45) is 0 Å². The van der Waals surface area contributed by atoms with Crippen LogP contribution in [0.5, 0.6) is 0 Å². The van der Waals surface area contributed by atoms with Gasteiger partial charge in [0.25, 0.3) is 0 Å². The first kappa shape index (κ1) is 15.0. The minimum Gasteiger partial charge on any atom is -0.353 e. The van der Waals surface area contributed by atoms with Crippen molar-refractivity contribution in [3.63, 3.8) is 0 Å². The van der Waals surface area contributed by atoms with E-state index < -0.39 is 0 Å². The van der Waals surface area contributed by atoms with Crippen LogP contribution in [0.4, 0.5) is 0 Å². The van der Waals surface area contributed by atoms with Crippen LogP contribution in [-0.2, 0) is 9.59 Å². The number of carbonyl (C=O) groups excluding carboxylic acids is 2. The van der Waals surface area contributed by atoms with E-state index in [1.54, 1.807) is 0 Å². The topological polar surface area (TPSA) is 61.4 Å². The molecule has 1 aliphatic heterocycles. The summed E-state index contributed by atoms with van der Waals surface area (Å²) in [4.78, 5) is 25.3. The summed E-state index contributed by atoms with van der Waals surface area (Å²) in [5.41, 5.74) is 0. The van der Waals surface area contributed by atoms with Gasteiger partial charge in [0.1, 0.15) is 6.04 Å². The molecule has 104 valence electrons. The smallest absolute Gasteiger partial charge is 0.241 e. The maximum absolute atomic E-state index is 12.3. The zero-order valence-electron chi connectivity index (χ0n) is 11.5. The first-order valence-corrected chi connectivity index (χ1v) is 6.97. The minimum atomic E-state index is -0.253. The Morgan fingerprint density at radius 3 is 2.33 bits per heavy atom. The van der Waals surface area contributed by atoms with E-state index in [0.717, 1.165) is 38.8 Å². The van der Waals surface area contributed by atoms with Crippen LogP contribution in [0.1, 0.15) is 39.5 Å². The van der Waals surface area contributed by atoms with Gasteiger partial charge in [0.2, 0.25) is 11.8 Å². The molecule has 1 saturated heterocycles. The summed E-state index contributed by atoms with van der Waals surface area (Å²) in [7, 11) is 0. The van der Waals surface area contributed by atoms with E-state index in [4.69, 9.17) is 0 Å². The number of hydrogen-bond acceptors (Lipinski definition) is 3. The number of rotatable bonds is 7. The lowest BCUT2D eigenvalue weighted by Crippen LogP contribution is -2.58. The molecular weight excluding hydrogens is 230 g/mol. The molecule has 0 radical (unpaired) electrons. The summed E-state index contributed by atoms with van der Waals surface area (Å²) in [6.45, 7) is 6.55. The SMILES string of the molecule is CCCCN(CCCC)C(=O)C1CNC(=O)CN1. The number of nitrogens with zero attached hydrogens (tertiary/aromatic N) is 1. The van der Waals surface area contributed by atoms with E-state index in [0.29, 0.717) is 6.54 Å². The number of piperazine rings is 1. The Kier molecular flexibility index (Phi) is 6.72. The minimum absolute atomic E-state index is 0.0345. The van der Waals surface area contributed by atoms with Crippen LogP contribution in [0.3, 0.4) is 0 Å². The highest BCUT2D eigenvalue weighted by Crippen LogP contribution is 2.03. The number of nitrogens with one attached hydrogen (secondary N) is 2. The van der Waals surface area contributed by atoms with Crippen LogP contribution in [0, 0.1) is 0 Å². The van der Waals surface area contributed by atoms with Gasteiger partial charge in [0.05, 0.1) is 6.54 Å². The predicted octanol–water partition coefficient (Wildman–Crippen LogP) is 0.503. The summed E-state index contributed by atoms with van der Waals surface area (Å²) in [6.07, 6.45) is 4.25. The first-order chi connectivity index (χ1) is 8.69. The lowest BCUT2D eigenvalue weighted by Gasteiger charge is -2.30. The van der Waals surface area contributed by atoms with E-state index in [1.165, 1.54) is 0 Å². The van der Waals surface area contributed by atoms with Crippen LogP contribution >= 0.6 is 0 Å². The molecule has 1 unspecified atom stereocenters. The van der Waals surface area contributed by atoms with E-state index in [-0.39, 0.29) is 24.4 Å². The van der Waals surface area contributed by atoms with Crippen molar-refractivity contribution in [2.45, 2.75) is 45.6 Å². The first-order valence-electron chi connectivity index (χ1n) is 6.97. The van der Waals surface area contributed by atoms with Crippen LogP contribution in [0.25, 0.3) is 0 Å². The molecule has 1 atom stereocenters. The lowest BCUT2D eigenvalue weighted by atomic mass is 10.1. The normalized spacial score (nSPS) is 19.4. The molecule has 1 fully saturated rings. The van der Waals surface area contributed by atoms with Gasteiger partial charge in [-0.15, -0.1) is 0 Å². The molecule has 0 aromatic heterocycles. The maximum Gasteiger partial charge on any atom is 0.241 e. The zero-order valence-corrected chi connectivity index (χ0v) is 11.5. The summed E-state index contributed by atoms with van der Waals surface area (Å²) in [5.74, 6) is 0.0876. The molecule has 1 rings (SSSR count). The van der Waals surface area contributed by atoms with Gasteiger partial charge in [0, 0.05) is 19.6 Å². The molecule has 1 heterocycles. The average molecular weight is 255 g/mol. The van der Waals surface area contributed by atoms with Gasteiger partial charge in [-0.3, -0.25) is 14.9 Å². The number of amides is 2. The lowest BCUT2D eigenvalue weighted by molar-refractivity contribution is -0.135. The van der Waals surface area contributed by atoms with Gasteiger partial charge in [0.15, 0.2) is 0 Å². The molecule has 5 heteroatoms. The standard InChI is InChI=1S/C13H25N3O2/c1-3-5-7-16(8-6-4-2)13(18)11-9-15-12(17)10-14-11/h11,14H,3-10H2,1-2H3,(H,15,17). The Hall–Kier alpha value is -1.10. The summed E-state index contributed by atoms with van der Waals surface area (Å²) < 4.78 is 0. The van der Waals surface area contributed by atoms with Gasteiger partial charge in [-0.05, 0) is 12.8 Å². The summed E-state index contributed by atoms with van der Waals surface area (Å²) in [6, 6.07) is -0.253. The van der Waals surface area contributed by atoms with E-state index in [2.05, 4.69) is 24.5 Å². The molecule has 1 aliphatic rings. The highest BCUT2D eigenvalue weighted by Gasteiger charge is 2.27. The van der Waals surface area contributed by atoms with Crippen molar-refractivity contribution in [1.82, 2.24) is 15.5 Å². The fourth-order valence-electron chi connectivity index (χ4n) is 1.99. The molecule has 0 bridgehead atoms. The van der Waals surface area contributed by atoms with Crippen LogP contribution < -0.4 is 10.6 Å². The fraction of sp³-hybridized carbons (Fsp3) is 0.846. The largest absolute Gasteiger partial charge is 0.353 e. The Bertz CT molecular complexity index is 263. The highest BCUT2D eigenvalue weighted by atomic mass is 16.2. The van der Waals surface area contributed by atoms with Crippen molar-refractivity contribution in [3.8, 4) is 0 Å². The molecule has 5 nitrogen and oxygen atoms in total. The third-order valence-electron chi connectivity index (χ3n) is 3.19. The van der Waals surface area contributed by atoms with Crippen molar-refractivity contribution < 1.29 is 9.59 Å². The number of hydrogen-bond donors (Lipinski definition) is 2. The molecule has 2 amide bonds. The zero-order chi connectivity index (χ0) is 13.4. The molecular formula is C13H25N3O2. The maximum atomic E-state index is 12.3. The molecule has 2 N–H and O–H groups in total. The second-order valence-corrected chi connectivity index (χ2v) is 4.77. The average Bonchev–Trinajstić information content (AvgIpc) is 2.39. The van der Waals surface area contributed by atoms with Gasteiger partial charge < -0.3 is 10.2 Å². The van der Waals surface area contributed by atoms with Crippen molar-refractivity contribution in [3.05, 3.63) is 0 Å². The van der Waals surface area contributed by atoms with Gasteiger partial charge >= 0.3 is 0 Å². The van der Waals surface area contributed by atoms with E-state index >= 15 is 0 Å². The van der Waals surface area contributed by atoms with Gasteiger partial charge in [-0.2, -0.15) is 0 Å². The van der Waals surface area contributed by atoms with E-state index in [9.17, 15) is 9.59 Å². The van der Waals surface area contributed by atoms with Gasteiger partial charge in [-0.25, -0.2) is 0 Å². The van der Waals surface area contributed by atoms with Crippen LogP contribution in [0.15, 0.2) is 0 Å². The second kappa shape index (κ2) is 8.08. The predicted molar refractivity (Wildman–Crippen MR) is 71.2 cm³/mol. The Morgan fingerprint density at radius 1 is 1.28 bits per heavy atom. The third-order valence-corrected chi connectivity index (χ3v) is 3.19. The Labute approximate surface area is 109 Å². The summed E-state index contributed by atoms with van der Waals surface area (Å²) in [5, 5.41) is 5.73. The van der Waals surface area contributed by atoms with Crippen molar-refractivity contribution in [2.75, 3.05) is 26.2 Å². The molecule has 0 spiro atoms. The third kappa shape index (κ3) is 4.64. The summed E-state index contributed by atoms with van der Waals surface area (Å²) >= 11 is 0. The molecule has 0 aromatic rings. The number of carbonyl (C=O) groups is 2. The van der Waals surface area contributed by atoms with Crippen molar-refractivity contribution >= 4 is 11.8 Å². The molecule has 0 aromatic carbocycles. The fourth-order valence-corrected chi connectivity index (χ4v) is 1.99. The Morgan fingerprint density at radius 2 is 1.89 bits per heavy atom. The number of unbranched alkanes of at least 4 members (excludes halogenated alkanes) is 2. The molecule has 0 aliphatic carbocycles. The highest BCUT2D eigenvalue weighted by molar-refractivity contribution is 5.86. The second-order valence-electron chi connectivity index (χ2n) is 4.77. The van der Waals surface area contributed by atoms with Crippen LogP contribution in [0.2, 0.25) is 0 Å². The van der Waals surface area contributed by atoms with Gasteiger partial charge in [-0.1, -0.05) is 26.7 Å².